The van der Waals surface area contributed by atoms with Crippen molar-refractivity contribution in [3.8, 4) is 0 Å². The maximum Gasteiger partial charge on any atom is -0.0295 e. The van der Waals surface area contributed by atoms with E-state index in [1.54, 1.807) is 25.7 Å². The Kier molecular flexibility index (Phi) is 3.74. The summed E-state index contributed by atoms with van der Waals surface area (Å²) in [5.74, 6) is 1.95. The molecule has 15 heavy (non-hydrogen) atoms. The van der Waals surface area contributed by atoms with Crippen LogP contribution in [0.1, 0.15) is 78.1 Å². The van der Waals surface area contributed by atoms with Crippen molar-refractivity contribution in [2.45, 2.75) is 78.1 Å². The van der Waals surface area contributed by atoms with Crippen molar-refractivity contribution in [1.82, 2.24) is 0 Å². The molecule has 88 valence electrons. The van der Waals surface area contributed by atoms with Crippen LogP contribution < -0.4 is 0 Å². The van der Waals surface area contributed by atoms with Crippen molar-refractivity contribution in [3.63, 3.8) is 0 Å². The van der Waals surface area contributed by atoms with Gasteiger partial charge in [-0.05, 0) is 42.9 Å². The largest absolute Gasteiger partial charge is 0.0625 e. The molecule has 0 radical (unpaired) electrons. The van der Waals surface area contributed by atoms with Crippen LogP contribution in [0, 0.1) is 17.3 Å². The molecule has 2 fully saturated rings. The molecule has 2 aliphatic rings. The van der Waals surface area contributed by atoms with Crippen molar-refractivity contribution in [3.05, 3.63) is 0 Å². The van der Waals surface area contributed by atoms with Crippen LogP contribution in [0.5, 0.6) is 0 Å². The molecular formula is C15H28. The highest BCUT2D eigenvalue weighted by Crippen LogP contribution is 2.49. The normalized spacial score (nSPS) is 31.8. The van der Waals surface area contributed by atoms with Crippen molar-refractivity contribution in [2.75, 3.05) is 0 Å². The smallest absolute Gasteiger partial charge is 0.0295 e. The second-order valence-electron chi connectivity index (χ2n) is 6.51. The molecule has 0 aromatic carbocycles. The van der Waals surface area contributed by atoms with Crippen LogP contribution in [0.25, 0.3) is 0 Å². The molecular weight excluding hydrogens is 180 g/mol. The summed E-state index contributed by atoms with van der Waals surface area (Å²) >= 11 is 0. The average Bonchev–Trinajstić information content (AvgIpc) is 2.43. The third kappa shape index (κ3) is 2.77. The molecule has 0 heteroatoms. The highest BCUT2D eigenvalue weighted by Gasteiger charge is 2.36. The Morgan fingerprint density at radius 3 is 2.07 bits per heavy atom. The van der Waals surface area contributed by atoms with Gasteiger partial charge in [-0.25, -0.2) is 0 Å². The van der Waals surface area contributed by atoms with Crippen LogP contribution in [0.2, 0.25) is 0 Å². The Labute approximate surface area is 95.8 Å². The summed E-state index contributed by atoms with van der Waals surface area (Å²) in [5, 5.41) is 0. The lowest BCUT2D eigenvalue weighted by molar-refractivity contribution is 0.124. The monoisotopic (exact) mass is 208 g/mol. The predicted molar refractivity (Wildman–Crippen MR) is 66.9 cm³/mol. The maximum atomic E-state index is 2.44. The zero-order chi connectivity index (χ0) is 10.7. The van der Waals surface area contributed by atoms with Gasteiger partial charge in [0.15, 0.2) is 0 Å². The van der Waals surface area contributed by atoms with E-state index in [1.807, 2.05) is 0 Å². The SMILES string of the molecule is CC(C)C1CCCCC2(CCCCC2)C1. The molecule has 1 atom stereocenters. The van der Waals surface area contributed by atoms with Crippen LogP contribution in [0.15, 0.2) is 0 Å². The number of hydrogen-bond donors (Lipinski definition) is 0. The summed E-state index contributed by atoms with van der Waals surface area (Å²) in [6.45, 7) is 4.87. The minimum atomic E-state index is 0.795. The number of hydrogen-bond acceptors (Lipinski definition) is 0. The van der Waals surface area contributed by atoms with Gasteiger partial charge >= 0.3 is 0 Å². The van der Waals surface area contributed by atoms with Gasteiger partial charge in [-0.2, -0.15) is 0 Å². The van der Waals surface area contributed by atoms with Gasteiger partial charge in [0.05, 0.1) is 0 Å². The molecule has 2 saturated carbocycles. The molecule has 0 aromatic heterocycles. The fraction of sp³-hybridized carbons (Fsp3) is 1.00. The van der Waals surface area contributed by atoms with E-state index >= 15 is 0 Å². The Morgan fingerprint density at radius 2 is 1.47 bits per heavy atom. The van der Waals surface area contributed by atoms with Gasteiger partial charge in [0.2, 0.25) is 0 Å². The molecule has 1 unspecified atom stereocenters. The van der Waals surface area contributed by atoms with Crippen molar-refractivity contribution in [2.24, 2.45) is 17.3 Å². The molecule has 0 N–H and O–H groups in total. The Balaban J connectivity index is 2.02. The highest BCUT2D eigenvalue weighted by molar-refractivity contribution is 4.88. The highest BCUT2D eigenvalue weighted by atomic mass is 14.4. The summed E-state index contributed by atoms with van der Waals surface area (Å²) in [6, 6.07) is 0. The minimum absolute atomic E-state index is 0.795. The minimum Gasteiger partial charge on any atom is -0.0625 e. The summed E-state index contributed by atoms with van der Waals surface area (Å²) in [6.07, 6.45) is 15.3. The van der Waals surface area contributed by atoms with Gasteiger partial charge in [0, 0.05) is 0 Å². The topological polar surface area (TPSA) is 0 Å². The van der Waals surface area contributed by atoms with Gasteiger partial charge in [0.1, 0.15) is 0 Å². The average molecular weight is 208 g/mol. The summed E-state index contributed by atoms with van der Waals surface area (Å²) in [5.41, 5.74) is 0.795. The Morgan fingerprint density at radius 1 is 0.867 bits per heavy atom. The van der Waals surface area contributed by atoms with Crippen LogP contribution in [-0.4, -0.2) is 0 Å². The van der Waals surface area contributed by atoms with Gasteiger partial charge in [0.25, 0.3) is 0 Å². The van der Waals surface area contributed by atoms with E-state index < -0.39 is 0 Å². The molecule has 1 spiro atoms. The molecule has 2 aliphatic carbocycles. The zero-order valence-electron chi connectivity index (χ0n) is 10.7. The number of rotatable bonds is 1. The van der Waals surface area contributed by atoms with E-state index in [-0.39, 0.29) is 0 Å². The third-order valence-electron chi connectivity index (χ3n) is 5.08. The van der Waals surface area contributed by atoms with E-state index in [1.165, 1.54) is 38.5 Å². The second kappa shape index (κ2) is 4.89. The lowest BCUT2D eigenvalue weighted by Crippen LogP contribution is -2.27. The molecule has 0 bridgehead atoms. The second-order valence-corrected chi connectivity index (χ2v) is 6.51. The van der Waals surface area contributed by atoms with Crippen LogP contribution in [0.3, 0.4) is 0 Å². The first kappa shape index (κ1) is 11.5. The summed E-state index contributed by atoms with van der Waals surface area (Å²) in [7, 11) is 0. The first-order valence-electron chi connectivity index (χ1n) is 7.22. The predicted octanol–water partition coefficient (Wildman–Crippen LogP) is 5.17. The first-order valence-corrected chi connectivity index (χ1v) is 7.22. The van der Waals surface area contributed by atoms with Gasteiger partial charge in [-0.15, -0.1) is 0 Å². The molecule has 0 saturated heterocycles. The summed E-state index contributed by atoms with van der Waals surface area (Å²) in [4.78, 5) is 0. The van der Waals surface area contributed by atoms with E-state index in [0.717, 1.165) is 17.3 Å². The van der Waals surface area contributed by atoms with Gasteiger partial charge in [-0.3, -0.25) is 0 Å². The van der Waals surface area contributed by atoms with E-state index in [0.29, 0.717) is 0 Å². The standard InChI is InChI=1S/C15H28/c1-13(2)14-8-4-7-11-15(12-14)9-5-3-6-10-15/h13-14H,3-12H2,1-2H3. The maximum absolute atomic E-state index is 2.44. The third-order valence-corrected chi connectivity index (χ3v) is 5.08. The van der Waals surface area contributed by atoms with E-state index in [2.05, 4.69) is 13.8 Å². The zero-order valence-corrected chi connectivity index (χ0v) is 10.7. The van der Waals surface area contributed by atoms with Crippen molar-refractivity contribution >= 4 is 0 Å². The first-order chi connectivity index (χ1) is 7.22. The summed E-state index contributed by atoms with van der Waals surface area (Å²) < 4.78 is 0. The lowest BCUT2D eigenvalue weighted by Gasteiger charge is -2.39. The van der Waals surface area contributed by atoms with Crippen LogP contribution in [0.4, 0.5) is 0 Å². The van der Waals surface area contributed by atoms with Crippen molar-refractivity contribution in [1.29, 1.82) is 0 Å². The molecule has 0 nitrogen and oxygen atoms in total. The van der Waals surface area contributed by atoms with Crippen molar-refractivity contribution < 1.29 is 0 Å². The van der Waals surface area contributed by atoms with E-state index in [9.17, 15) is 0 Å². The quantitative estimate of drug-likeness (QED) is 0.557. The molecule has 0 amide bonds. The fourth-order valence-electron chi connectivity index (χ4n) is 3.99. The van der Waals surface area contributed by atoms with Gasteiger partial charge in [-0.1, -0.05) is 52.4 Å². The molecule has 0 aromatic rings. The van der Waals surface area contributed by atoms with Crippen LogP contribution >= 0.6 is 0 Å². The molecule has 0 aliphatic heterocycles. The molecule has 2 rings (SSSR count). The lowest BCUT2D eigenvalue weighted by atomic mass is 9.66. The Hall–Kier alpha value is 0. The van der Waals surface area contributed by atoms with E-state index in [4.69, 9.17) is 0 Å². The Bertz CT molecular complexity index is 186. The molecule has 0 heterocycles. The fourth-order valence-corrected chi connectivity index (χ4v) is 3.99. The van der Waals surface area contributed by atoms with Crippen LogP contribution in [-0.2, 0) is 0 Å². The van der Waals surface area contributed by atoms with Gasteiger partial charge < -0.3 is 0 Å².